The van der Waals surface area contributed by atoms with Crippen LogP contribution in [0, 0.1) is 5.92 Å². The molecule has 3 aromatic heterocycles. The number of hydrogen-bond donors (Lipinski definition) is 4. The van der Waals surface area contributed by atoms with E-state index in [-0.39, 0.29) is 6.04 Å². The summed E-state index contributed by atoms with van der Waals surface area (Å²) in [4.78, 5) is 31.2. The van der Waals surface area contributed by atoms with Crippen molar-refractivity contribution in [2.45, 2.75) is 25.8 Å². The van der Waals surface area contributed by atoms with Gasteiger partial charge in [-0.15, -0.1) is 0 Å². The van der Waals surface area contributed by atoms with E-state index in [1.807, 2.05) is 6.07 Å². The molecule has 1 aliphatic rings. The maximum Gasteiger partial charge on any atom is 0.314 e. The van der Waals surface area contributed by atoms with Crippen molar-refractivity contribution in [1.82, 2.24) is 30.3 Å². The molecule has 0 spiro atoms. The molecule has 0 aliphatic carbocycles. The molecule has 10 nitrogen and oxygen atoms in total. The van der Waals surface area contributed by atoms with Crippen LogP contribution >= 0.6 is 0 Å². The minimum Gasteiger partial charge on any atom is -0.383 e. The Labute approximate surface area is 154 Å². The smallest absolute Gasteiger partial charge is 0.314 e. The number of rotatable bonds is 2. The second-order valence-corrected chi connectivity index (χ2v) is 6.84. The minimum absolute atomic E-state index is 0.196. The van der Waals surface area contributed by atoms with E-state index in [0.717, 1.165) is 18.5 Å². The highest BCUT2D eigenvalue weighted by Gasteiger charge is 2.35. The van der Waals surface area contributed by atoms with E-state index in [2.05, 4.69) is 37.6 Å². The normalized spacial score (nSPS) is 20.0. The van der Waals surface area contributed by atoms with Crippen LogP contribution in [0.5, 0.6) is 0 Å². The third-order valence-electron chi connectivity index (χ3n) is 4.92. The standard InChI is InChI=1S/C17H20N8O2/c1-9-2-3-13(11-4-5-20-23-11)25(8-9)17(27)16(26)22-12-7-19-15(18)10-6-21-24-14(10)12/h4-7,9,13H,2-3,8H2,1H3,(H2,18,19)(H,20,23)(H,21,24)(H,22,26)/t9-,13-/m0/s1. The number of anilines is 2. The maximum atomic E-state index is 12.9. The number of hydrogen-bond acceptors (Lipinski definition) is 6. The van der Waals surface area contributed by atoms with E-state index >= 15 is 0 Å². The molecule has 3 aromatic rings. The fraction of sp³-hybridized carbons (Fsp3) is 0.353. The van der Waals surface area contributed by atoms with Gasteiger partial charge in [-0.2, -0.15) is 10.2 Å². The molecule has 10 heteroatoms. The van der Waals surface area contributed by atoms with Crippen molar-refractivity contribution in [3.05, 3.63) is 30.4 Å². The first-order chi connectivity index (χ1) is 13.0. The first-order valence-corrected chi connectivity index (χ1v) is 8.73. The van der Waals surface area contributed by atoms with Gasteiger partial charge in [0.25, 0.3) is 0 Å². The van der Waals surface area contributed by atoms with Gasteiger partial charge in [-0.1, -0.05) is 6.92 Å². The lowest BCUT2D eigenvalue weighted by molar-refractivity contribution is -0.146. The highest BCUT2D eigenvalue weighted by molar-refractivity contribution is 6.40. The van der Waals surface area contributed by atoms with Gasteiger partial charge in [0.05, 0.1) is 40.7 Å². The molecule has 2 amide bonds. The van der Waals surface area contributed by atoms with Crippen molar-refractivity contribution in [3.63, 3.8) is 0 Å². The van der Waals surface area contributed by atoms with Crippen LogP contribution in [0.15, 0.2) is 24.7 Å². The number of likely N-dealkylation sites (tertiary alicyclic amines) is 1. The zero-order chi connectivity index (χ0) is 19.0. The lowest BCUT2D eigenvalue weighted by atomic mass is 9.92. The Morgan fingerprint density at radius 1 is 1.26 bits per heavy atom. The first kappa shape index (κ1) is 17.0. The molecule has 1 aliphatic heterocycles. The van der Waals surface area contributed by atoms with Crippen LogP contribution in [0.4, 0.5) is 11.5 Å². The van der Waals surface area contributed by atoms with Crippen molar-refractivity contribution in [2.24, 2.45) is 5.92 Å². The van der Waals surface area contributed by atoms with Crippen molar-refractivity contribution in [2.75, 3.05) is 17.6 Å². The summed E-state index contributed by atoms with van der Waals surface area (Å²) in [6, 6.07) is 1.63. The minimum atomic E-state index is -0.726. The zero-order valence-electron chi connectivity index (χ0n) is 14.8. The quantitative estimate of drug-likeness (QED) is 0.500. The van der Waals surface area contributed by atoms with Gasteiger partial charge >= 0.3 is 11.8 Å². The third-order valence-corrected chi connectivity index (χ3v) is 4.92. The van der Waals surface area contributed by atoms with Crippen molar-refractivity contribution in [1.29, 1.82) is 0 Å². The molecule has 0 aromatic carbocycles. The molecule has 0 unspecified atom stereocenters. The Morgan fingerprint density at radius 3 is 2.89 bits per heavy atom. The van der Waals surface area contributed by atoms with E-state index < -0.39 is 11.8 Å². The molecule has 1 fully saturated rings. The molecular weight excluding hydrogens is 348 g/mol. The first-order valence-electron chi connectivity index (χ1n) is 8.73. The molecule has 0 bridgehead atoms. The van der Waals surface area contributed by atoms with Gasteiger partial charge in [0.15, 0.2) is 0 Å². The summed E-state index contributed by atoms with van der Waals surface area (Å²) in [5, 5.41) is 16.8. The summed E-state index contributed by atoms with van der Waals surface area (Å²) in [6.45, 7) is 2.58. The molecule has 27 heavy (non-hydrogen) atoms. The van der Waals surface area contributed by atoms with E-state index in [4.69, 9.17) is 5.73 Å². The number of pyridine rings is 1. The number of nitrogens with two attached hydrogens (primary N) is 1. The Balaban J connectivity index is 1.57. The van der Waals surface area contributed by atoms with Crippen LogP contribution < -0.4 is 11.1 Å². The number of nitrogens with zero attached hydrogens (tertiary/aromatic N) is 4. The number of aromatic nitrogens is 5. The van der Waals surface area contributed by atoms with E-state index in [9.17, 15) is 9.59 Å². The van der Waals surface area contributed by atoms with Crippen LogP contribution in [-0.2, 0) is 9.59 Å². The van der Waals surface area contributed by atoms with Crippen LogP contribution in [0.25, 0.3) is 10.9 Å². The highest BCUT2D eigenvalue weighted by Crippen LogP contribution is 2.32. The van der Waals surface area contributed by atoms with Gasteiger partial charge in [0, 0.05) is 12.7 Å². The largest absolute Gasteiger partial charge is 0.383 e. The van der Waals surface area contributed by atoms with Crippen LogP contribution in [0.1, 0.15) is 31.5 Å². The van der Waals surface area contributed by atoms with Crippen molar-refractivity contribution < 1.29 is 9.59 Å². The number of nitrogens with one attached hydrogen (secondary N) is 3. The topological polar surface area (TPSA) is 146 Å². The van der Waals surface area contributed by atoms with E-state index in [1.54, 1.807) is 11.1 Å². The Hall–Kier alpha value is -3.43. The summed E-state index contributed by atoms with van der Waals surface area (Å²) in [7, 11) is 0. The highest BCUT2D eigenvalue weighted by atomic mass is 16.2. The predicted octanol–water partition coefficient (Wildman–Crippen LogP) is 1.20. The van der Waals surface area contributed by atoms with Gasteiger partial charge in [-0.05, 0) is 24.8 Å². The molecule has 0 radical (unpaired) electrons. The molecular formula is C17H20N8O2. The number of fused-ring (bicyclic) bond motifs is 1. The van der Waals surface area contributed by atoms with E-state index in [1.165, 1.54) is 12.4 Å². The number of carbonyl (C=O) groups is 2. The van der Waals surface area contributed by atoms with E-state index in [0.29, 0.717) is 34.9 Å². The lowest BCUT2D eigenvalue weighted by Crippen LogP contribution is -2.46. The SMILES string of the molecule is C[C@H]1CC[C@@H](c2ccn[nH]2)N(C(=O)C(=O)Nc2cnc(N)c3cn[nH]c23)C1. The number of H-pyrrole nitrogens is 2. The number of nitrogen functional groups attached to an aromatic ring is 1. The zero-order valence-corrected chi connectivity index (χ0v) is 14.8. The molecule has 5 N–H and O–H groups in total. The van der Waals surface area contributed by atoms with Gasteiger partial charge in [-0.3, -0.25) is 19.8 Å². The van der Waals surface area contributed by atoms with Crippen LogP contribution in [-0.4, -0.2) is 48.6 Å². The summed E-state index contributed by atoms with van der Waals surface area (Å²) in [5.74, 6) is -0.701. The van der Waals surface area contributed by atoms with Crippen molar-refractivity contribution >= 4 is 34.2 Å². The second-order valence-electron chi connectivity index (χ2n) is 6.84. The monoisotopic (exact) mass is 368 g/mol. The molecule has 4 rings (SSSR count). The molecule has 1 saturated heterocycles. The average molecular weight is 368 g/mol. The Bertz CT molecular complexity index is 980. The summed E-state index contributed by atoms with van der Waals surface area (Å²) < 4.78 is 0. The average Bonchev–Trinajstić information content (AvgIpc) is 3.35. The van der Waals surface area contributed by atoms with Crippen molar-refractivity contribution in [3.8, 4) is 0 Å². The number of aromatic amines is 2. The molecule has 140 valence electrons. The maximum absolute atomic E-state index is 12.9. The van der Waals surface area contributed by atoms with Crippen LogP contribution in [0.2, 0.25) is 0 Å². The van der Waals surface area contributed by atoms with Gasteiger partial charge in [0.1, 0.15) is 5.82 Å². The summed E-state index contributed by atoms with van der Waals surface area (Å²) in [6.07, 6.45) is 6.33. The molecule has 0 saturated carbocycles. The third kappa shape index (κ3) is 3.09. The summed E-state index contributed by atoms with van der Waals surface area (Å²) >= 11 is 0. The molecule has 4 heterocycles. The van der Waals surface area contributed by atoms with Gasteiger partial charge < -0.3 is 16.0 Å². The number of piperidine rings is 1. The van der Waals surface area contributed by atoms with Gasteiger partial charge in [-0.25, -0.2) is 4.98 Å². The fourth-order valence-corrected chi connectivity index (χ4v) is 3.51. The number of carbonyl (C=O) groups excluding carboxylic acids is 2. The lowest BCUT2D eigenvalue weighted by Gasteiger charge is -2.37. The predicted molar refractivity (Wildman–Crippen MR) is 98.4 cm³/mol. The second kappa shape index (κ2) is 6.71. The molecule has 2 atom stereocenters. The van der Waals surface area contributed by atoms with Crippen LogP contribution in [0.3, 0.4) is 0 Å². The Kier molecular flexibility index (Phi) is 4.22. The van der Waals surface area contributed by atoms with Gasteiger partial charge in [0.2, 0.25) is 0 Å². The number of amides is 2. The summed E-state index contributed by atoms with van der Waals surface area (Å²) in [5.41, 5.74) is 7.51. The Morgan fingerprint density at radius 2 is 2.11 bits per heavy atom. The fourth-order valence-electron chi connectivity index (χ4n) is 3.51.